The minimum absolute atomic E-state index is 0.00678. The fourth-order valence-corrected chi connectivity index (χ4v) is 4.45. The minimum atomic E-state index is -0.317. The van der Waals surface area contributed by atoms with Gasteiger partial charge >= 0.3 is 0 Å². The molecule has 3 rings (SSSR count). The predicted molar refractivity (Wildman–Crippen MR) is 111 cm³/mol. The molecule has 3 nitrogen and oxygen atoms in total. The number of carbonyl (C=O) groups is 1. The zero-order chi connectivity index (χ0) is 19.4. The van der Waals surface area contributed by atoms with Crippen LogP contribution in [0.15, 0.2) is 82.5 Å². The Hall–Kier alpha value is -2.77. The second kappa shape index (κ2) is 8.28. The topological polar surface area (TPSA) is 44.1 Å². The highest BCUT2D eigenvalue weighted by Gasteiger charge is 2.36. The Morgan fingerprint density at radius 3 is 2.22 bits per heavy atom. The number of benzene rings is 2. The first kappa shape index (κ1) is 19.0. The zero-order valence-corrected chi connectivity index (χ0v) is 16.6. The van der Waals surface area contributed by atoms with Crippen molar-refractivity contribution >= 4 is 17.5 Å². The summed E-state index contributed by atoms with van der Waals surface area (Å²) in [5.74, 6) is -0.310. The first-order chi connectivity index (χ1) is 13.1. The maximum absolute atomic E-state index is 12.6. The van der Waals surface area contributed by atoms with E-state index in [1.54, 1.807) is 18.7 Å². The molecule has 0 saturated carbocycles. The summed E-state index contributed by atoms with van der Waals surface area (Å²) in [6.07, 6.45) is 1.98. The lowest BCUT2D eigenvalue weighted by Crippen LogP contribution is -2.31. The molecule has 2 aromatic rings. The van der Waals surface area contributed by atoms with Crippen molar-refractivity contribution in [3.8, 4) is 6.07 Å². The van der Waals surface area contributed by atoms with Gasteiger partial charge in [-0.1, -0.05) is 60.7 Å². The van der Waals surface area contributed by atoms with Gasteiger partial charge in [0.2, 0.25) is 0 Å². The van der Waals surface area contributed by atoms with Crippen molar-refractivity contribution in [3.63, 3.8) is 0 Å². The lowest BCUT2D eigenvalue weighted by Gasteiger charge is -2.37. The number of carbonyl (C=O) groups excluding carboxylic acids is 1. The molecule has 1 aliphatic rings. The maximum Gasteiger partial charge on any atom is 0.158 e. The fraction of sp³-hybridized carbons (Fsp3) is 0.217. The molecule has 4 heteroatoms. The highest BCUT2D eigenvalue weighted by molar-refractivity contribution is 8.02. The van der Waals surface area contributed by atoms with Crippen molar-refractivity contribution in [1.29, 1.82) is 5.26 Å². The van der Waals surface area contributed by atoms with E-state index in [0.29, 0.717) is 17.7 Å². The Kier molecular flexibility index (Phi) is 5.83. The minimum Gasteiger partial charge on any atom is -0.335 e. The molecule has 0 N–H and O–H groups in total. The summed E-state index contributed by atoms with van der Waals surface area (Å²) in [4.78, 5) is 14.7. The SMILES string of the molecule is CSC1=C(C#N)[C@@H](c2ccccc2)C(C(C)=O)=C(C)N1Cc1ccccc1. The molecule has 1 heterocycles. The molecular formula is C23H22N2OS. The standard InChI is InChI=1S/C23H22N2OS/c1-16-21(17(2)26)22(19-12-8-5-9-13-19)20(14-24)23(27-3)25(16)15-18-10-6-4-7-11-18/h4-13,22H,15H2,1-3H3/t22-/m1/s1. The van der Waals surface area contributed by atoms with Crippen LogP contribution in [0.5, 0.6) is 0 Å². The molecular weight excluding hydrogens is 352 g/mol. The maximum atomic E-state index is 12.6. The molecule has 27 heavy (non-hydrogen) atoms. The van der Waals surface area contributed by atoms with Crippen LogP contribution in [0.25, 0.3) is 0 Å². The second-order valence-corrected chi connectivity index (χ2v) is 7.30. The third-order valence-corrected chi connectivity index (χ3v) is 5.68. The number of ketones is 1. The molecule has 0 amide bonds. The number of thioether (sulfide) groups is 1. The molecule has 0 aromatic heterocycles. The van der Waals surface area contributed by atoms with Crippen LogP contribution in [0.4, 0.5) is 0 Å². The normalized spacial score (nSPS) is 17.1. The molecule has 0 spiro atoms. The van der Waals surface area contributed by atoms with E-state index in [9.17, 15) is 10.1 Å². The first-order valence-corrected chi connectivity index (χ1v) is 10.1. The third kappa shape index (κ3) is 3.70. The largest absolute Gasteiger partial charge is 0.335 e. The van der Waals surface area contributed by atoms with Gasteiger partial charge < -0.3 is 4.90 Å². The van der Waals surface area contributed by atoms with Crippen LogP contribution in [-0.4, -0.2) is 16.9 Å². The van der Waals surface area contributed by atoms with Gasteiger partial charge in [0.25, 0.3) is 0 Å². The Labute approximate surface area is 165 Å². The van der Waals surface area contributed by atoms with E-state index in [2.05, 4.69) is 23.1 Å². The molecule has 0 aliphatic carbocycles. The Balaban J connectivity index is 2.19. The van der Waals surface area contributed by atoms with Gasteiger partial charge in [0.05, 0.1) is 22.6 Å². The summed E-state index contributed by atoms with van der Waals surface area (Å²) in [5.41, 5.74) is 4.38. The van der Waals surface area contributed by atoms with Crippen LogP contribution in [0.1, 0.15) is 30.9 Å². The Bertz CT molecular complexity index is 939. The van der Waals surface area contributed by atoms with Gasteiger partial charge in [-0.05, 0) is 31.2 Å². The summed E-state index contributed by atoms with van der Waals surface area (Å²) in [6.45, 7) is 4.21. The molecule has 1 aliphatic heterocycles. The van der Waals surface area contributed by atoms with E-state index in [1.165, 1.54) is 0 Å². The molecule has 0 bridgehead atoms. The molecule has 1 atom stereocenters. The number of nitriles is 1. The lowest BCUT2D eigenvalue weighted by molar-refractivity contribution is -0.114. The molecule has 2 aromatic carbocycles. The van der Waals surface area contributed by atoms with Gasteiger partial charge in [-0.15, -0.1) is 11.8 Å². The van der Waals surface area contributed by atoms with Crippen molar-refractivity contribution < 1.29 is 4.79 Å². The highest BCUT2D eigenvalue weighted by Crippen LogP contribution is 2.45. The molecule has 0 unspecified atom stereocenters. The number of hydrogen-bond acceptors (Lipinski definition) is 4. The van der Waals surface area contributed by atoms with Gasteiger partial charge in [-0.25, -0.2) is 0 Å². The van der Waals surface area contributed by atoms with Crippen molar-refractivity contribution in [2.24, 2.45) is 0 Å². The summed E-state index contributed by atoms with van der Waals surface area (Å²) in [6, 6.07) is 22.4. The summed E-state index contributed by atoms with van der Waals surface area (Å²) >= 11 is 1.56. The van der Waals surface area contributed by atoms with Gasteiger partial charge in [-0.3, -0.25) is 4.79 Å². The van der Waals surface area contributed by atoms with E-state index in [0.717, 1.165) is 21.9 Å². The van der Waals surface area contributed by atoms with E-state index < -0.39 is 0 Å². The van der Waals surface area contributed by atoms with Crippen LogP contribution in [0, 0.1) is 11.3 Å². The van der Waals surface area contributed by atoms with Gasteiger partial charge in [0, 0.05) is 17.8 Å². The summed E-state index contributed by atoms with van der Waals surface area (Å²) < 4.78 is 0. The summed E-state index contributed by atoms with van der Waals surface area (Å²) in [7, 11) is 0. The van der Waals surface area contributed by atoms with Crippen molar-refractivity contribution in [1.82, 2.24) is 4.90 Å². The molecule has 0 radical (unpaired) electrons. The van der Waals surface area contributed by atoms with E-state index in [4.69, 9.17) is 0 Å². The molecule has 0 saturated heterocycles. The molecule has 0 fully saturated rings. The molecule has 136 valence electrons. The van der Waals surface area contributed by atoms with Crippen LogP contribution in [-0.2, 0) is 11.3 Å². The highest BCUT2D eigenvalue weighted by atomic mass is 32.2. The zero-order valence-electron chi connectivity index (χ0n) is 15.8. The number of hydrogen-bond donors (Lipinski definition) is 0. The van der Waals surface area contributed by atoms with Crippen LogP contribution < -0.4 is 0 Å². The van der Waals surface area contributed by atoms with Crippen LogP contribution in [0.2, 0.25) is 0 Å². The summed E-state index contributed by atoms with van der Waals surface area (Å²) in [5, 5.41) is 10.9. The average molecular weight is 375 g/mol. The smallest absolute Gasteiger partial charge is 0.158 e. The fourth-order valence-electron chi connectivity index (χ4n) is 3.65. The Morgan fingerprint density at radius 2 is 1.70 bits per heavy atom. The quantitative estimate of drug-likeness (QED) is 0.717. The lowest BCUT2D eigenvalue weighted by atomic mass is 9.80. The van der Waals surface area contributed by atoms with Crippen molar-refractivity contribution in [2.45, 2.75) is 26.3 Å². The van der Waals surface area contributed by atoms with Gasteiger partial charge in [-0.2, -0.15) is 5.26 Å². The number of allylic oxidation sites excluding steroid dienone is 3. The van der Waals surface area contributed by atoms with Crippen LogP contribution >= 0.6 is 11.8 Å². The predicted octanol–water partition coefficient (Wildman–Crippen LogP) is 5.25. The van der Waals surface area contributed by atoms with E-state index in [-0.39, 0.29) is 11.7 Å². The van der Waals surface area contributed by atoms with Gasteiger partial charge in [0.1, 0.15) is 0 Å². The number of Topliss-reactive ketones (excluding diaryl/α,β-unsaturated/α-hetero) is 1. The number of rotatable bonds is 5. The average Bonchev–Trinajstić information content (AvgIpc) is 2.69. The first-order valence-electron chi connectivity index (χ1n) is 8.84. The second-order valence-electron chi connectivity index (χ2n) is 6.51. The number of nitrogens with zero attached hydrogens (tertiary/aromatic N) is 2. The van der Waals surface area contributed by atoms with E-state index >= 15 is 0 Å². The Morgan fingerprint density at radius 1 is 1.11 bits per heavy atom. The monoisotopic (exact) mass is 374 g/mol. The van der Waals surface area contributed by atoms with E-state index in [1.807, 2.05) is 61.7 Å². The van der Waals surface area contributed by atoms with Gasteiger partial charge in [0.15, 0.2) is 5.78 Å². The van der Waals surface area contributed by atoms with Crippen molar-refractivity contribution in [3.05, 3.63) is 93.7 Å². The van der Waals surface area contributed by atoms with Crippen molar-refractivity contribution in [2.75, 3.05) is 6.26 Å². The third-order valence-electron chi connectivity index (χ3n) is 4.86. The van der Waals surface area contributed by atoms with Crippen LogP contribution in [0.3, 0.4) is 0 Å².